The molecule has 0 bridgehead atoms. The highest BCUT2D eigenvalue weighted by atomic mass is 16.6. The Morgan fingerprint density at radius 2 is 2.23 bits per heavy atom. The molecular formula is C15H18N4O3. The minimum atomic E-state index is -0.293. The highest BCUT2D eigenvalue weighted by Crippen LogP contribution is 2.30. The number of nitrogens with one attached hydrogen (secondary N) is 2. The van der Waals surface area contributed by atoms with E-state index >= 15 is 0 Å². The Morgan fingerprint density at radius 1 is 1.41 bits per heavy atom. The molecule has 1 aromatic carbocycles. The number of benzene rings is 1. The summed E-state index contributed by atoms with van der Waals surface area (Å²) >= 11 is 0. The van der Waals surface area contributed by atoms with Crippen LogP contribution >= 0.6 is 0 Å². The summed E-state index contributed by atoms with van der Waals surface area (Å²) in [5.41, 5.74) is 0.658. The summed E-state index contributed by atoms with van der Waals surface area (Å²) in [5, 5.41) is 9.58. The highest BCUT2D eigenvalue weighted by Gasteiger charge is 2.21. The Hall–Kier alpha value is -2.70. The lowest BCUT2D eigenvalue weighted by molar-refractivity contribution is 0.0922. The van der Waals surface area contributed by atoms with E-state index in [2.05, 4.69) is 15.7 Å². The molecule has 7 nitrogen and oxygen atoms in total. The van der Waals surface area contributed by atoms with Gasteiger partial charge in [-0.2, -0.15) is 5.10 Å². The van der Waals surface area contributed by atoms with Gasteiger partial charge >= 0.3 is 6.03 Å². The summed E-state index contributed by atoms with van der Waals surface area (Å²) in [5.74, 6) is 1.43. The van der Waals surface area contributed by atoms with Crippen molar-refractivity contribution < 1.29 is 14.3 Å². The Kier molecular flexibility index (Phi) is 4.13. The molecule has 1 atom stereocenters. The largest absolute Gasteiger partial charge is 0.486 e. The molecule has 0 unspecified atom stereocenters. The lowest BCUT2D eigenvalue weighted by atomic mass is 10.2. The fraction of sp³-hybridized carbons (Fsp3) is 0.333. The van der Waals surface area contributed by atoms with E-state index in [9.17, 15) is 4.79 Å². The zero-order chi connectivity index (χ0) is 15.4. The number of urea groups is 1. The Balaban J connectivity index is 1.47. The number of amides is 2. The molecule has 0 aliphatic carbocycles. The maximum atomic E-state index is 11.8. The second-order valence-corrected chi connectivity index (χ2v) is 4.92. The summed E-state index contributed by atoms with van der Waals surface area (Å²) in [6, 6.07) is 7.19. The van der Waals surface area contributed by atoms with Gasteiger partial charge in [0.15, 0.2) is 17.6 Å². The number of nitrogens with zero attached hydrogens (tertiary/aromatic N) is 2. The quantitative estimate of drug-likeness (QED) is 0.904. The van der Waals surface area contributed by atoms with Crippen LogP contribution in [0.4, 0.5) is 10.5 Å². The van der Waals surface area contributed by atoms with Crippen molar-refractivity contribution in [2.45, 2.75) is 19.6 Å². The summed E-state index contributed by atoms with van der Waals surface area (Å²) < 4.78 is 13.1. The van der Waals surface area contributed by atoms with Crippen molar-refractivity contribution in [2.24, 2.45) is 0 Å². The molecule has 1 aliphatic heterocycles. The second kappa shape index (κ2) is 6.38. The van der Waals surface area contributed by atoms with E-state index in [-0.39, 0.29) is 12.1 Å². The number of ether oxygens (including phenoxy) is 2. The number of carbonyl (C=O) groups is 1. The number of para-hydroxylation sites is 2. The average Bonchev–Trinajstić information content (AvgIpc) is 3.00. The van der Waals surface area contributed by atoms with Crippen molar-refractivity contribution in [1.82, 2.24) is 15.1 Å². The topological polar surface area (TPSA) is 77.4 Å². The molecule has 1 aliphatic rings. The van der Waals surface area contributed by atoms with E-state index in [0.29, 0.717) is 24.6 Å². The van der Waals surface area contributed by atoms with E-state index in [1.807, 2.05) is 31.2 Å². The second-order valence-electron chi connectivity index (χ2n) is 4.92. The summed E-state index contributed by atoms with van der Waals surface area (Å²) in [6.45, 7) is 3.51. The van der Waals surface area contributed by atoms with Gasteiger partial charge in [0.2, 0.25) is 0 Å². The first-order valence-electron chi connectivity index (χ1n) is 7.20. The molecule has 2 aromatic rings. The minimum Gasteiger partial charge on any atom is -0.486 e. The van der Waals surface area contributed by atoms with E-state index in [0.717, 1.165) is 12.3 Å². The smallest absolute Gasteiger partial charge is 0.319 e. The molecule has 2 amide bonds. The predicted octanol–water partition coefficient (Wildman–Crippen LogP) is 1.86. The van der Waals surface area contributed by atoms with Crippen LogP contribution < -0.4 is 20.1 Å². The number of aromatic nitrogens is 2. The molecule has 22 heavy (non-hydrogen) atoms. The molecule has 2 heterocycles. The van der Waals surface area contributed by atoms with Gasteiger partial charge in [-0.05, 0) is 19.1 Å². The van der Waals surface area contributed by atoms with E-state index in [1.165, 1.54) is 0 Å². The monoisotopic (exact) mass is 302 g/mol. The Bertz CT molecular complexity index is 656. The molecule has 0 saturated heterocycles. The molecule has 3 rings (SSSR count). The molecule has 0 spiro atoms. The van der Waals surface area contributed by atoms with Gasteiger partial charge in [0.1, 0.15) is 6.61 Å². The zero-order valence-electron chi connectivity index (χ0n) is 12.3. The van der Waals surface area contributed by atoms with Gasteiger partial charge in [0.25, 0.3) is 0 Å². The van der Waals surface area contributed by atoms with Gasteiger partial charge < -0.3 is 20.1 Å². The zero-order valence-corrected chi connectivity index (χ0v) is 12.3. The number of hydrogen-bond donors (Lipinski definition) is 2. The van der Waals surface area contributed by atoms with Crippen LogP contribution in [0.15, 0.2) is 36.7 Å². The van der Waals surface area contributed by atoms with Crippen molar-refractivity contribution in [3.05, 3.63) is 36.7 Å². The maximum Gasteiger partial charge on any atom is 0.319 e. The Labute approximate surface area is 128 Å². The molecule has 0 radical (unpaired) electrons. The number of anilines is 1. The predicted molar refractivity (Wildman–Crippen MR) is 81.3 cm³/mol. The number of fused-ring (bicyclic) bond motifs is 1. The lowest BCUT2D eigenvalue weighted by Gasteiger charge is -2.26. The van der Waals surface area contributed by atoms with E-state index in [1.54, 1.807) is 17.1 Å². The van der Waals surface area contributed by atoms with Gasteiger partial charge in [0.05, 0.1) is 18.4 Å². The number of rotatable bonds is 4. The third-order valence-electron chi connectivity index (χ3n) is 3.27. The molecule has 0 saturated carbocycles. The summed E-state index contributed by atoms with van der Waals surface area (Å²) in [6.07, 6.45) is 3.18. The molecule has 0 fully saturated rings. The number of hydrogen-bond acceptors (Lipinski definition) is 4. The summed E-state index contributed by atoms with van der Waals surface area (Å²) in [7, 11) is 0. The molecule has 7 heteroatoms. The van der Waals surface area contributed by atoms with Gasteiger partial charge in [-0.1, -0.05) is 12.1 Å². The van der Waals surface area contributed by atoms with Crippen LogP contribution in [0.5, 0.6) is 11.5 Å². The average molecular weight is 302 g/mol. The number of carbonyl (C=O) groups excluding carboxylic acids is 1. The first-order chi connectivity index (χ1) is 10.7. The van der Waals surface area contributed by atoms with Crippen molar-refractivity contribution in [1.29, 1.82) is 0 Å². The lowest BCUT2D eigenvalue weighted by Crippen LogP contribution is -2.42. The van der Waals surface area contributed by atoms with Gasteiger partial charge in [-0.3, -0.25) is 4.68 Å². The highest BCUT2D eigenvalue weighted by molar-refractivity contribution is 5.88. The van der Waals surface area contributed by atoms with Crippen LogP contribution in [-0.4, -0.2) is 35.1 Å². The first-order valence-corrected chi connectivity index (χ1v) is 7.20. The van der Waals surface area contributed by atoms with Crippen molar-refractivity contribution in [3.63, 3.8) is 0 Å². The normalized spacial score (nSPS) is 16.1. The van der Waals surface area contributed by atoms with Crippen LogP contribution in [0.25, 0.3) is 0 Å². The Morgan fingerprint density at radius 3 is 3.00 bits per heavy atom. The van der Waals surface area contributed by atoms with Crippen molar-refractivity contribution in [3.8, 4) is 11.5 Å². The van der Waals surface area contributed by atoms with Crippen LogP contribution in [0, 0.1) is 0 Å². The molecular weight excluding hydrogens is 284 g/mol. The van der Waals surface area contributed by atoms with Crippen LogP contribution in [0.2, 0.25) is 0 Å². The van der Waals surface area contributed by atoms with Gasteiger partial charge in [0, 0.05) is 12.7 Å². The van der Waals surface area contributed by atoms with Crippen LogP contribution in [0.1, 0.15) is 6.92 Å². The van der Waals surface area contributed by atoms with Crippen molar-refractivity contribution in [2.75, 3.05) is 18.5 Å². The fourth-order valence-corrected chi connectivity index (χ4v) is 2.15. The van der Waals surface area contributed by atoms with E-state index < -0.39 is 0 Å². The SMILES string of the molecule is CCn1cc(NC(=O)NC[C@@H]2COc3ccccc3O2)cn1. The minimum absolute atomic E-state index is 0.209. The van der Waals surface area contributed by atoms with Gasteiger partial charge in [-0.25, -0.2) is 4.79 Å². The third kappa shape index (κ3) is 3.30. The first kappa shape index (κ1) is 14.2. The summed E-state index contributed by atoms with van der Waals surface area (Å²) in [4.78, 5) is 11.8. The molecule has 116 valence electrons. The molecule has 2 N–H and O–H groups in total. The van der Waals surface area contributed by atoms with Gasteiger partial charge in [-0.15, -0.1) is 0 Å². The fourth-order valence-electron chi connectivity index (χ4n) is 2.15. The maximum absolute atomic E-state index is 11.8. The van der Waals surface area contributed by atoms with Crippen LogP contribution in [0.3, 0.4) is 0 Å². The van der Waals surface area contributed by atoms with Crippen molar-refractivity contribution >= 4 is 11.7 Å². The van der Waals surface area contributed by atoms with Crippen LogP contribution in [-0.2, 0) is 6.54 Å². The third-order valence-corrected chi connectivity index (χ3v) is 3.27. The standard InChI is InChI=1S/C15H18N4O3/c1-2-19-9-11(7-17-19)18-15(20)16-8-12-10-21-13-5-3-4-6-14(13)22-12/h3-7,9,12H,2,8,10H2,1H3,(H2,16,18,20)/t12-/m1/s1. The molecule has 1 aromatic heterocycles. The van der Waals surface area contributed by atoms with E-state index in [4.69, 9.17) is 9.47 Å². The number of aryl methyl sites for hydroxylation is 1.